The standard InChI is InChI=1S/C18H22BrO6PS/c1-18(25-26(20,23-2)24-3,16-11-7-8-12-17(16)19)13-14-27(21,22)15-9-5-4-6-10-15/h4-12H,13-14H2,1-3H3. The lowest BCUT2D eigenvalue weighted by atomic mass is 9.93. The third kappa shape index (κ3) is 5.50. The van der Waals surface area contributed by atoms with Crippen LogP contribution in [-0.4, -0.2) is 28.4 Å². The summed E-state index contributed by atoms with van der Waals surface area (Å²) in [7, 11) is -4.98. The van der Waals surface area contributed by atoms with E-state index in [9.17, 15) is 13.0 Å². The van der Waals surface area contributed by atoms with Gasteiger partial charge in [-0.3, -0.25) is 13.6 Å². The van der Waals surface area contributed by atoms with E-state index in [1.807, 2.05) is 6.07 Å². The lowest BCUT2D eigenvalue weighted by molar-refractivity contribution is 0.0289. The Morgan fingerprint density at radius 3 is 2.11 bits per heavy atom. The number of hydrogen-bond donors (Lipinski definition) is 0. The van der Waals surface area contributed by atoms with Gasteiger partial charge in [0.25, 0.3) is 0 Å². The van der Waals surface area contributed by atoms with Crippen molar-refractivity contribution >= 4 is 33.6 Å². The molecule has 2 aromatic carbocycles. The van der Waals surface area contributed by atoms with Gasteiger partial charge in [0.05, 0.1) is 10.6 Å². The summed E-state index contributed by atoms with van der Waals surface area (Å²) < 4.78 is 54.3. The molecule has 0 spiro atoms. The molecule has 0 aliphatic carbocycles. The fraction of sp³-hybridized carbons (Fsp3) is 0.333. The second kappa shape index (κ2) is 8.99. The summed E-state index contributed by atoms with van der Waals surface area (Å²) in [5.41, 5.74) is -0.591. The Balaban J connectivity index is 2.39. The Kier molecular flexibility index (Phi) is 7.41. The van der Waals surface area contributed by atoms with Gasteiger partial charge in [0.1, 0.15) is 5.60 Å². The molecule has 27 heavy (non-hydrogen) atoms. The normalized spacial score (nSPS) is 14.7. The topological polar surface area (TPSA) is 78.9 Å². The number of halogens is 1. The fourth-order valence-corrected chi connectivity index (χ4v) is 5.74. The van der Waals surface area contributed by atoms with Crippen molar-refractivity contribution in [1.82, 2.24) is 0 Å². The molecule has 0 saturated heterocycles. The molecule has 0 aliphatic rings. The second-order valence-electron chi connectivity index (χ2n) is 6.00. The van der Waals surface area contributed by atoms with Gasteiger partial charge in [-0.25, -0.2) is 13.0 Å². The Morgan fingerprint density at radius 1 is 1.00 bits per heavy atom. The maximum Gasteiger partial charge on any atom is 0.475 e. The molecule has 0 N–H and O–H groups in total. The first kappa shape index (κ1) is 22.3. The zero-order valence-electron chi connectivity index (χ0n) is 15.3. The lowest BCUT2D eigenvalue weighted by Gasteiger charge is -2.33. The number of rotatable bonds is 9. The Bertz CT molecular complexity index is 910. The second-order valence-corrected chi connectivity index (χ2v) is 10.8. The maximum atomic E-state index is 12.7. The highest BCUT2D eigenvalue weighted by Crippen LogP contribution is 2.55. The predicted molar refractivity (Wildman–Crippen MR) is 107 cm³/mol. The van der Waals surface area contributed by atoms with Crippen LogP contribution in [0.1, 0.15) is 18.9 Å². The molecule has 0 aliphatic heterocycles. The molecule has 1 unspecified atom stereocenters. The fourth-order valence-electron chi connectivity index (χ4n) is 2.59. The highest BCUT2D eigenvalue weighted by molar-refractivity contribution is 9.10. The Hall–Kier alpha value is -1.02. The molecular weight excluding hydrogens is 455 g/mol. The van der Waals surface area contributed by atoms with E-state index in [0.29, 0.717) is 10.0 Å². The SMILES string of the molecule is COP(=O)(OC)OC(C)(CCS(=O)(=O)c1ccccc1)c1ccccc1Br. The van der Waals surface area contributed by atoms with Crippen LogP contribution >= 0.6 is 23.8 Å². The molecule has 0 fully saturated rings. The van der Waals surface area contributed by atoms with Crippen LogP contribution in [0.25, 0.3) is 0 Å². The van der Waals surface area contributed by atoms with E-state index in [1.54, 1.807) is 55.5 Å². The minimum atomic E-state index is -3.86. The van der Waals surface area contributed by atoms with Gasteiger partial charge in [0, 0.05) is 18.7 Å². The van der Waals surface area contributed by atoms with E-state index in [1.165, 1.54) is 14.2 Å². The first-order chi connectivity index (χ1) is 12.7. The molecule has 2 rings (SSSR count). The lowest BCUT2D eigenvalue weighted by Crippen LogP contribution is -2.29. The zero-order valence-corrected chi connectivity index (χ0v) is 18.6. The number of phosphoric acid groups is 1. The molecule has 0 saturated carbocycles. The number of sulfone groups is 1. The van der Waals surface area contributed by atoms with Crippen LogP contribution < -0.4 is 0 Å². The molecule has 0 aromatic heterocycles. The van der Waals surface area contributed by atoms with Crippen molar-refractivity contribution in [3.63, 3.8) is 0 Å². The van der Waals surface area contributed by atoms with Crippen LogP contribution in [-0.2, 0) is 33.6 Å². The van der Waals surface area contributed by atoms with E-state index in [4.69, 9.17) is 13.6 Å². The third-order valence-electron chi connectivity index (χ3n) is 4.15. The van der Waals surface area contributed by atoms with Gasteiger partial charge >= 0.3 is 7.82 Å². The molecule has 1 atom stereocenters. The average molecular weight is 477 g/mol. The average Bonchev–Trinajstić information content (AvgIpc) is 2.67. The van der Waals surface area contributed by atoms with Crippen LogP contribution in [0.5, 0.6) is 0 Å². The van der Waals surface area contributed by atoms with Crippen molar-refractivity contribution in [3.05, 3.63) is 64.6 Å². The molecule has 0 heterocycles. The van der Waals surface area contributed by atoms with Gasteiger partial charge in [-0.05, 0) is 37.1 Å². The minimum Gasteiger partial charge on any atom is -0.290 e. The zero-order chi connectivity index (χ0) is 20.1. The summed E-state index contributed by atoms with van der Waals surface area (Å²) in [5.74, 6) is -0.206. The minimum absolute atomic E-state index is 0.0452. The smallest absolute Gasteiger partial charge is 0.290 e. The summed E-state index contributed by atoms with van der Waals surface area (Å²) in [4.78, 5) is 0.223. The van der Waals surface area contributed by atoms with Crippen LogP contribution in [0.2, 0.25) is 0 Å². The Morgan fingerprint density at radius 2 is 1.56 bits per heavy atom. The van der Waals surface area contributed by atoms with Gasteiger partial charge in [0.2, 0.25) is 0 Å². The summed E-state index contributed by atoms with van der Waals surface area (Å²) in [6.45, 7) is 1.66. The largest absolute Gasteiger partial charge is 0.475 e. The van der Waals surface area contributed by atoms with Gasteiger partial charge < -0.3 is 0 Å². The van der Waals surface area contributed by atoms with Crippen LogP contribution in [0, 0.1) is 0 Å². The van der Waals surface area contributed by atoms with Crippen molar-refractivity contribution in [2.45, 2.75) is 23.8 Å². The van der Waals surface area contributed by atoms with Gasteiger partial charge in [-0.2, -0.15) is 0 Å². The van der Waals surface area contributed by atoms with Crippen LogP contribution in [0.4, 0.5) is 0 Å². The molecule has 9 heteroatoms. The molecule has 0 radical (unpaired) electrons. The van der Waals surface area contributed by atoms with Crippen LogP contribution in [0.3, 0.4) is 0 Å². The molecule has 2 aromatic rings. The molecule has 6 nitrogen and oxygen atoms in total. The number of hydrogen-bond acceptors (Lipinski definition) is 6. The monoisotopic (exact) mass is 476 g/mol. The third-order valence-corrected chi connectivity index (χ3v) is 8.10. The van der Waals surface area contributed by atoms with E-state index in [0.717, 1.165) is 0 Å². The molecule has 0 amide bonds. The first-order valence-electron chi connectivity index (χ1n) is 8.11. The van der Waals surface area contributed by atoms with E-state index < -0.39 is 23.3 Å². The maximum absolute atomic E-state index is 12.7. The quantitative estimate of drug-likeness (QED) is 0.476. The molecular formula is C18H22BrO6PS. The predicted octanol–water partition coefficient (Wildman–Crippen LogP) is 4.95. The summed E-state index contributed by atoms with van der Waals surface area (Å²) in [6.07, 6.45) is 0.0452. The van der Waals surface area contributed by atoms with Gasteiger partial charge in [0.15, 0.2) is 9.84 Å². The highest BCUT2D eigenvalue weighted by atomic mass is 79.9. The molecule has 0 bridgehead atoms. The van der Waals surface area contributed by atoms with Crippen molar-refractivity contribution in [2.24, 2.45) is 0 Å². The highest BCUT2D eigenvalue weighted by Gasteiger charge is 2.40. The van der Waals surface area contributed by atoms with Crippen molar-refractivity contribution < 1.29 is 26.6 Å². The summed E-state index contributed by atoms with van der Waals surface area (Å²) >= 11 is 3.45. The van der Waals surface area contributed by atoms with Crippen molar-refractivity contribution in [1.29, 1.82) is 0 Å². The van der Waals surface area contributed by atoms with E-state index in [2.05, 4.69) is 15.9 Å². The van der Waals surface area contributed by atoms with Crippen LogP contribution in [0.15, 0.2) is 64.0 Å². The number of phosphoric ester groups is 1. The molecule has 148 valence electrons. The first-order valence-corrected chi connectivity index (χ1v) is 12.0. The van der Waals surface area contributed by atoms with E-state index >= 15 is 0 Å². The van der Waals surface area contributed by atoms with Crippen molar-refractivity contribution in [3.8, 4) is 0 Å². The Labute approximate surface area is 168 Å². The van der Waals surface area contributed by atoms with Gasteiger partial charge in [-0.15, -0.1) is 0 Å². The van der Waals surface area contributed by atoms with E-state index in [-0.39, 0.29) is 17.1 Å². The summed E-state index contributed by atoms with van der Waals surface area (Å²) in [6, 6.07) is 15.4. The van der Waals surface area contributed by atoms with Gasteiger partial charge in [-0.1, -0.05) is 52.3 Å². The van der Waals surface area contributed by atoms with Crippen molar-refractivity contribution in [2.75, 3.05) is 20.0 Å². The number of benzene rings is 2. The summed E-state index contributed by atoms with van der Waals surface area (Å²) in [5, 5.41) is 0.